The van der Waals surface area contributed by atoms with Crippen molar-refractivity contribution in [3.05, 3.63) is 0 Å². The molecule has 0 saturated carbocycles. The summed E-state index contributed by atoms with van der Waals surface area (Å²) in [5.41, 5.74) is 0. The van der Waals surface area contributed by atoms with E-state index in [2.05, 4.69) is 6.92 Å². The molecule has 3 heteroatoms. The van der Waals surface area contributed by atoms with Crippen molar-refractivity contribution in [1.29, 1.82) is 0 Å². The molecule has 0 radical (unpaired) electrons. The Labute approximate surface area is 92.2 Å². The minimum absolute atomic E-state index is 0.136. The number of ether oxygens (including phenoxy) is 1. The van der Waals surface area contributed by atoms with Crippen LogP contribution in [0.5, 0.6) is 0 Å². The number of hydrogen-bond donors (Lipinski definition) is 0. The zero-order chi connectivity index (χ0) is 11.7. The van der Waals surface area contributed by atoms with E-state index in [9.17, 15) is 9.59 Å². The van der Waals surface area contributed by atoms with Crippen LogP contribution in [0.25, 0.3) is 0 Å². The predicted molar refractivity (Wildman–Crippen MR) is 59.6 cm³/mol. The van der Waals surface area contributed by atoms with Crippen molar-refractivity contribution >= 4 is 11.8 Å². The monoisotopic (exact) mass is 214 g/mol. The summed E-state index contributed by atoms with van der Waals surface area (Å²) in [5, 5.41) is 0. The summed E-state index contributed by atoms with van der Waals surface area (Å²) in [6, 6.07) is 0. The highest BCUT2D eigenvalue weighted by Gasteiger charge is 2.17. The van der Waals surface area contributed by atoms with E-state index in [0.29, 0.717) is 6.42 Å². The van der Waals surface area contributed by atoms with Crippen molar-refractivity contribution in [3.8, 4) is 0 Å². The van der Waals surface area contributed by atoms with Crippen LogP contribution >= 0.6 is 0 Å². The SMILES string of the molecule is CCCCC(=O)C(=O)OC(C)CCCC. The lowest BCUT2D eigenvalue weighted by atomic mass is 10.1. The number of ketones is 1. The Morgan fingerprint density at radius 3 is 2.27 bits per heavy atom. The topological polar surface area (TPSA) is 43.4 Å². The van der Waals surface area contributed by atoms with Gasteiger partial charge in [0.1, 0.15) is 0 Å². The first-order chi connectivity index (χ1) is 7.11. The van der Waals surface area contributed by atoms with Crippen LogP contribution in [0.1, 0.15) is 59.3 Å². The number of unbranched alkanes of at least 4 members (excludes halogenated alkanes) is 2. The number of carbonyl (C=O) groups is 2. The van der Waals surface area contributed by atoms with Crippen molar-refractivity contribution < 1.29 is 14.3 Å². The van der Waals surface area contributed by atoms with E-state index >= 15 is 0 Å². The first kappa shape index (κ1) is 14.1. The summed E-state index contributed by atoms with van der Waals surface area (Å²) in [7, 11) is 0. The lowest BCUT2D eigenvalue weighted by Gasteiger charge is -2.11. The van der Waals surface area contributed by atoms with Gasteiger partial charge < -0.3 is 4.74 Å². The Hall–Kier alpha value is -0.860. The standard InChI is InChI=1S/C12H22O3/c1-4-6-8-10(3)15-12(14)11(13)9-7-5-2/h10H,4-9H2,1-3H3. The highest BCUT2D eigenvalue weighted by molar-refractivity contribution is 6.33. The van der Waals surface area contributed by atoms with Gasteiger partial charge in [-0.3, -0.25) is 4.79 Å². The van der Waals surface area contributed by atoms with E-state index < -0.39 is 5.97 Å². The molecule has 0 fully saturated rings. The molecular formula is C12H22O3. The molecule has 0 rings (SSSR count). The summed E-state index contributed by atoms with van der Waals surface area (Å²) in [5.74, 6) is -1.05. The number of hydrogen-bond acceptors (Lipinski definition) is 3. The molecule has 88 valence electrons. The third kappa shape index (κ3) is 7.11. The molecule has 1 unspecified atom stereocenters. The second-order valence-corrected chi connectivity index (χ2v) is 3.88. The van der Waals surface area contributed by atoms with Gasteiger partial charge in [-0.1, -0.05) is 33.1 Å². The molecule has 0 amide bonds. The van der Waals surface area contributed by atoms with Crippen LogP contribution in [0.4, 0.5) is 0 Å². The molecule has 0 aliphatic heterocycles. The molecule has 0 heterocycles. The fourth-order valence-corrected chi connectivity index (χ4v) is 1.24. The fraction of sp³-hybridized carbons (Fsp3) is 0.833. The fourth-order valence-electron chi connectivity index (χ4n) is 1.24. The van der Waals surface area contributed by atoms with Crippen LogP contribution in [-0.4, -0.2) is 17.9 Å². The van der Waals surface area contributed by atoms with Crippen molar-refractivity contribution in [2.75, 3.05) is 0 Å². The van der Waals surface area contributed by atoms with Gasteiger partial charge in [0.2, 0.25) is 5.78 Å². The molecule has 0 bridgehead atoms. The quantitative estimate of drug-likeness (QED) is 0.461. The predicted octanol–water partition coefficient (Wildman–Crippen LogP) is 2.87. The Bertz CT molecular complexity index is 199. The Kier molecular flexibility index (Phi) is 7.96. The number of rotatable bonds is 8. The zero-order valence-electron chi connectivity index (χ0n) is 10.0. The molecule has 0 aliphatic carbocycles. The van der Waals surface area contributed by atoms with Crippen LogP contribution in [0.2, 0.25) is 0 Å². The average Bonchev–Trinajstić information content (AvgIpc) is 2.22. The maximum atomic E-state index is 11.3. The first-order valence-corrected chi connectivity index (χ1v) is 5.85. The van der Waals surface area contributed by atoms with Gasteiger partial charge >= 0.3 is 5.97 Å². The zero-order valence-corrected chi connectivity index (χ0v) is 10.0. The minimum atomic E-state index is -0.660. The van der Waals surface area contributed by atoms with Crippen LogP contribution in [0, 0.1) is 0 Å². The van der Waals surface area contributed by atoms with Gasteiger partial charge in [-0.2, -0.15) is 0 Å². The maximum Gasteiger partial charge on any atom is 0.374 e. The molecule has 3 nitrogen and oxygen atoms in total. The molecule has 0 aromatic carbocycles. The van der Waals surface area contributed by atoms with Gasteiger partial charge in [0.25, 0.3) is 0 Å². The smallest absolute Gasteiger partial charge is 0.374 e. The van der Waals surface area contributed by atoms with Gasteiger partial charge in [0.05, 0.1) is 6.10 Å². The molecule has 0 aliphatic rings. The number of Topliss-reactive ketones (excluding diaryl/α,β-unsaturated/α-hetero) is 1. The Morgan fingerprint density at radius 2 is 1.73 bits per heavy atom. The third-order valence-electron chi connectivity index (χ3n) is 2.26. The van der Waals surface area contributed by atoms with Gasteiger partial charge in [-0.05, 0) is 19.8 Å². The van der Waals surface area contributed by atoms with E-state index in [4.69, 9.17) is 4.74 Å². The van der Waals surface area contributed by atoms with Gasteiger partial charge in [-0.25, -0.2) is 4.79 Å². The lowest BCUT2D eigenvalue weighted by molar-refractivity contribution is -0.157. The summed E-state index contributed by atoms with van der Waals surface area (Å²) in [4.78, 5) is 22.5. The second-order valence-electron chi connectivity index (χ2n) is 3.88. The van der Waals surface area contributed by atoms with E-state index in [1.807, 2.05) is 13.8 Å². The maximum absolute atomic E-state index is 11.3. The van der Waals surface area contributed by atoms with Gasteiger partial charge in [0, 0.05) is 6.42 Å². The highest BCUT2D eigenvalue weighted by atomic mass is 16.5. The molecule has 0 N–H and O–H groups in total. The van der Waals surface area contributed by atoms with Crippen molar-refractivity contribution in [2.45, 2.75) is 65.4 Å². The second kappa shape index (κ2) is 8.45. The molecule has 0 aromatic rings. The lowest BCUT2D eigenvalue weighted by Crippen LogP contribution is -2.22. The average molecular weight is 214 g/mol. The Balaban J connectivity index is 3.75. The normalized spacial score (nSPS) is 12.2. The van der Waals surface area contributed by atoms with Crippen LogP contribution in [0.3, 0.4) is 0 Å². The summed E-state index contributed by atoms with van der Waals surface area (Å²) in [6.07, 6.45) is 4.80. The Morgan fingerprint density at radius 1 is 1.13 bits per heavy atom. The summed E-state index contributed by atoms with van der Waals surface area (Å²) in [6.45, 7) is 5.91. The van der Waals surface area contributed by atoms with Crippen LogP contribution in [-0.2, 0) is 14.3 Å². The van der Waals surface area contributed by atoms with Gasteiger partial charge in [-0.15, -0.1) is 0 Å². The van der Waals surface area contributed by atoms with Crippen LogP contribution in [0.15, 0.2) is 0 Å². The van der Waals surface area contributed by atoms with Crippen molar-refractivity contribution in [2.24, 2.45) is 0 Å². The molecular weight excluding hydrogens is 192 g/mol. The van der Waals surface area contributed by atoms with E-state index in [1.165, 1.54) is 0 Å². The van der Waals surface area contributed by atoms with E-state index in [0.717, 1.165) is 32.1 Å². The molecule has 0 saturated heterocycles. The summed E-state index contributed by atoms with van der Waals surface area (Å²) < 4.78 is 5.02. The number of carbonyl (C=O) groups excluding carboxylic acids is 2. The number of esters is 1. The van der Waals surface area contributed by atoms with Crippen LogP contribution < -0.4 is 0 Å². The highest BCUT2D eigenvalue weighted by Crippen LogP contribution is 2.05. The molecule has 0 aromatic heterocycles. The minimum Gasteiger partial charge on any atom is -0.457 e. The van der Waals surface area contributed by atoms with E-state index in [1.54, 1.807) is 0 Å². The van der Waals surface area contributed by atoms with Gasteiger partial charge in [0.15, 0.2) is 0 Å². The first-order valence-electron chi connectivity index (χ1n) is 5.85. The summed E-state index contributed by atoms with van der Waals surface area (Å²) >= 11 is 0. The third-order valence-corrected chi connectivity index (χ3v) is 2.26. The van der Waals surface area contributed by atoms with E-state index in [-0.39, 0.29) is 11.9 Å². The largest absolute Gasteiger partial charge is 0.457 e. The van der Waals surface area contributed by atoms with Crippen molar-refractivity contribution in [3.63, 3.8) is 0 Å². The molecule has 1 atom stereocenters. The molecule has 0 spiro atoms. The molecule has 15 heavy (non-hydrogen) atoms. The van der Waals surface area contributed by atoms with Crippen molar-refractivity contribution in [1.82, 2.24) is 0 Å².